The molecule has 18 heavy (non-hydrogen) atoms. The molecule has 0 spiro atoms. The van der Waals surface area contributed by atoms with Crippen LogP contribution in [0.25, 0.3) is 0 Å². The summed E-state index contributed by atoms with van der Waals surface area (Å²) in [5.41, 5.74) is 0. The molecule has 0 unspecified atom stereocenters. The first-order chi connectivity index (χ1) is 8.79. The molecule has 106 valence electrons. The van der Waals surface area contributed by atoms with Crippen molar-refractivity contribution in [2.75, 3.05) is 5.75 Å². The molecule has 0 aromatic heterocycles. The van der Waals surface area contributed by atoms with E-state index in [2.05, 4.69) is 12.2 Å². The van der Waals surface area contributed by atoms with E-state index < -0.39 is 10.8 Å². The third-order valence-corrected chi connectivity index (χ3v) is 6.35. The average molecular weight is 271 g/mol. The maximum atomic E-state index is 11.9. The van der Waals surface area contributed by atoms with Gasteiger partial charge in [0.25, 0.3) is 0 Å². The van der Waals surface area contributed by atoms with E-state index in [0.717, 1.165) is 18.2 Å². The molecule has 0 bridgehead atoms. The van der Waals surface area contributed by atoms with Gasteiger partial charge in [-0.1, -0.05) is 39.0 Å². The third kappa shape index (κ3) is 4.34. The average Bonchev–Trinajstić information content (AvgIpc) is 2.67. The van der Waals surface area contributed by atoms with E-state index in [1.807, 2.05) is 0 Å². The molecule has 0 saturated heterocycles. The molecule has 0 aromatic rings. The monoisotopic (exact) mass is 271 g/mol. The predicted molar refractivity (Wildman–Crippen MR) is 79.4 cm³/mol. The van der Waals surface area contributed by atoms with Gasteiger partial charge in [0, 0.05) is 33.9 Å². The van der Waals surface area contributed by atoms with Gasteiger partial charge in [0.1, 0.15) is 0 Å². The molecule has 2 fully saturated rings. The minimum atomic E-state index is -0.584. The molecule has 2 nitrogen and oxygen atoms in total. The van der Waals surface area contributed by atoms with E-state index in [9.17, 15) is 4.21 Å². The largest absolute Gasteiger partial charge is 0.311 e. The van der Waals surface area contributed by atoms with Crippen molar-refractivity contribution >= 4 is 10.8 Å². The van der Waals surface area contributed by atoms with Crippen LogP contribution in [-0.2, 0) is 10.8 Å². The Labute approximate surface area is 115 Å². The Kier molecular flexibility index (Phi) is 6.16. The number of rotatable bonds is 4. The molecule has 2 rings (SSSR count). The summed E-state index contributed by atoms with van der Waals surface area (Å²) >= 11 is 0. The van der Waals surface area contributed by atoms with Crippen LogP contribution < -0.4 is 5.32 Å². The van der Waals surface area contributed by atoms with Crippen LogP contribution in [0, 0.1) is 0 Å². The van der Waals surface area contributed by atoms with Gasteiger partial charge < -0.3 is 5.32 Å². The lowest BCUT2D eigenvalue weighted by Crippen LogP contribution is -2.43. The molecule has 2 aliphatic carbocycles. The fourth-order valence-corrected chi connectivity index (χ4v) is 4.90. The summed E-state index contributed by atoms with van der Waals surface area (Å²) in [4.78, 5) is 0. The van der Waals surface area contributed by atoms with E-state index in [-0.39, 0.29) is 0 Å². The normalized spacial score (nSPS) is 32.9. The van der Waals surface area contributed by atoms with Crippen LogP contribution in [0.15, 0.2) is 0 Å². The quantitative estimate of drug-likeness (QED) is 0.794. The van der Waals surface area contributed by atoms with Crippen molar-refractivity contribution in [3.05, 3.63) is 0 Å². The van der Waals surface area contributed by atoms with Crippen LogP contribution in [0.5, 0.6) is 0 Å². The van der Waals surface area contributed by atoms with Crippen molar-refractivity contribution in [1.29, 1.82) is 0 Å². The minimum absolute atomic E-state index is 0.465. The third-order valence-electron chi connectivity index (χ3n) is 4.61. The number of hydrogen-bond donors (Lipinski definition) is 1. The molecule has 2 aliphatic rings. The van der Waals surface area contributed by atoms with Crippen LogP contribution in [0.2, 0.25) is 0 Å². The first-order valence-corrected chi connectivity index (χ1v) is 9.31. The first-order valence-electron chi connectivity index (χ1n) is 7.92. The van der Waals surface area contributed by atoms with Crippen LogP contribution >= 0.6 is 0 Å². The second-order valence-electron chi connectivity index (χ2n) is 6.01. The van der Waals surface area contributed by atoms with Gasteiger partial charge in [0.05, 0.1) is 0 Å². The van der Waals surface area contributed by atoms with Gasteiger partial charge in [-0.15, -0.1) is 0 Å². The highest BCUT2D eigenvalue weighted by Gasteiger charge is 2.27. The standard InChI is InChI=1S/C15H29NOS/c1-2-18(17)15-11-7-10-14(12-15)16-13-8-5-3-4-6-9-13/h13-16H,2-12H2,1H3/t14-,15-,18+/m0/s1. The lowest BCUT2D eigenvalue weighted by Gasteiger charge is -2.32. The van der Waals surface area contributed by atoms with Crippen molar-refractivity contribution in [3.63, 3.8) is 0 Å². The topological polar surface area (TPSA) is 29.1 Å². The van der Waals surface area contributed by atoms with E-state index in [4.69, 9.17) is 0 Å². The van der Waals surface area contributed by atoms with Gasteiger partial charge in [-0.05, 0) is 32.1 Å². The molecular formula is C15H29NOS. The molecule has 3 heteroatoms. The Morgan fingerprint density at radius 3 is 2.28 bits per heavy atom. The first kappa shape index (κ1) is 14.5. The molecule has 0 aromatic carbocycles. The van der Waals surface area contributed by atoms with Crippen molar-refractivity contribution < 1.29 is 4.21 Å². The SMILES string of the molecule is CC[S@@](=O)[C@H]1CCC[C@H](NC2CCCCCC2)C1. The maximum Gasteiger partial charge on any atom is 0.0362 e. The predicted octanol–water partition coefficient (Wildman–Crippen LogP) is 3.38. The Balaban J connectivity index is 1.79. The van der Waals surface area contributed by atoms with Crippen LogP contribution in [0.1, 0.15) is 71.1 Å². The van der Waals surface area contributed by atoms with Gasteiger partial charge in [-0.25, -0.2) is 0 Å². The van der Waals surface area contributed by atoms with Crippen LogP contribution in [-0.4, -0.2) is 27.3 Å². The summed E-state index contributed by atoms with van der Waals surface area (Å²) in [6.45, 7) is 2.05. The summed E-state index contributed by atoms with van der Waals surface area (Å²) in [7, 11) is -0.584. The molecule has 0 amide bonds. The number of hydrogen-bond acceptors (Lipinski definition) is 2. The Morgan fingerprint density at radius 1 is 0.944 bits per heavy atom. The summed E-state index contributed by atoms with van der Waals surface area (Å²) < 4.78 is 11.9. The Hall–Kier alpha value is 0.110. The highest BCUT2D eigenvalue weighted by Crippen LogP contribution is 2.25. The summed E-state index contributed by atoms with van der Waals surface area (Å²) in [6.07, 6.45) is 13.3. The Bertz CT molecular complexity index is 261. The zero-order valence-corrected chi connectivity index (χ0v) is 12.6. The molecule has 0 aliphatic heterocycles. The lowest BCUT2D eigenvalue weighted by molar-refractivity contribution is 0.323. The van der Waals surface area contributed by atoms with Crippen LogP contribution in [0.3, 0.4) is 0 Å². The van der Waals surface area contributed by atoms with E-state index in [0.29, 0.717) is 11.3 Å². The van der Waals surface area contributed by atoms with E-state index >= 15 is 0 Å². The van der Waals surface area contributed by atoms with Crippen molar-refractivity contribution in [2.24, 2.45) is 0 Å². The second-order valence-corrected chi connectivity index (χ2v) is 8.02. The molecule has 0 radical (unpaired) electrons. The van der Waals surface area contributed by atoms with Gasteiger partial charge in [-0.3, -0.25) is 4.21 Å². The van der Waals surface area contributed by atoms with Crippen molar-refractivity contribution in [2.45, 2.75) is 88.5 Å². The lowest BCUT2D eigenvalue weighted by atomic mass is 9.93. The summed E-state index contributed by atoms with van der Waals surface area (Å²) in [6, 6.07) is 1.38. The second kappa shape index (κ2) is 7.64. The smallest absolute Gasteiger partial charge is 0.0362 e. The Morgan fingerprint density at radius 2 is 1.61 bits per heavy atom. The van der Waals surface area contributed by atoms with Gasteiger partial charge >= 0.3 is 0 Å². The zero-order valence-electron chi connectivity index (χ0n) is 11.8. The highest BCUT2D eigenvalue weighted by atomic mass is 32.2. The molecule has 3 atom stereocenters. The van der Waals surface area contributed by atoms with Crippen molar-refractivity contribution in [3.8, 4) is 0 Å². The van der Waals surface area contributed by atoms with Crippen LogP contribution in [0.4, 0.5) is 0 Å². The minimum Gasteiger partial charge on any atom is -0.311 e. The fraction of sp³-hybridized carbons (Fsp3) is 1.00. The van der Waals surface area contributed by atoms with Crippen molar-refractivity contribution in [1.82, 2.24) is 5.32 Å². The zero-order chi connectivity index (χ0) is 12.8. The van der Waals surface area contributed by atoms with Gasteiger partial charge in [0.15, 0.2) is 0 Å². The number of nitrogens with one attached hydrogen (secondary N) is 1. The summed E-state index contributed by atoms with van der Waals surface area (Å²) in [5, 5.41) is 4.34. The highest BCUT2D eigenvalue weighted by molar-refractivity contribution is 7.85. The summed E-state index contributed by atoms with van der Waals surface area (Å²) in [5.74, 6) is 0.834. The van der Waals surface area contributed by atoms with E-state index in [1.54, 1.807) is 0 Å². The molecule has 2 saturated carbocycles. The van der Waals surface area contributed by atoms with Gasteiger partial charge in [-0.2, -0.15) is 0 Å². The fourth-order valence-electron chi connectivity index (χ4n) is 3.55. The molecule has 0 heterocycles. The maximum absolute atomic E-state index is 11.9. The molecule has 1 N–H and O–H groups in total. The van der Waals surface area contributed by atoms with E-state index in [1.165, 1.54) is 57.8 Å². The van der Waals surface area contributed by atoms with Gasteiger partial charge in [0.2, 0.25) is 0 Å². The molecular weight excluding hydrogens is 242 g/mol.